The van der Waals surface area contributed by atoms with Gasteiger partial charge in [-0.1, -0.05) is 6.07 Å². The number of carbonyl (C=O) groups excluding carboxylic acids is 1. The molecule has 0 aliphatic carbocycles. The molecule has 0 fully saturated rings. The lowest BCUT2D eigenvalue weighted by Gasteiger charge is -2.26. The van der Waals surface area contributed by atoms with Crippen LogP contribution in [0.4, 0.5) is 10.1 Å². The van der Waals surface area contributed by atoms with Crippen molar-refractivity contribution in [1.82, 2.24) is 5.32 Å². The van der Waals surface area contributed by atoms with Gasteiger partial charge in [0.05, 0.1) is 16.6 Å². The van der Waals surface area contributed by atoms with Crippen LogP contribution in [0.15, 0.2) is 65.6 Å². The van der Waals surface area contributed by atoms with Gasteiger partial charge in [-0.2, -0.15) is 0 Å². The number of nitrogens with zero attached hydrogens (tertiary/aromatic N) is 1. The van der Waals surface area contributed by atoms with Crippen LogP contribution in [-0.2, 0) is 14.8 Å². The molecule has 3 aromatic carbocycles. The number of carbonyl (C=O) groups is 1. The third-order valence-electron chi connectivity index (χ3n) is 5.95. The minimum atomic E-state index is -4.23. The zero-order valence-corrected chi connectivity index (χ0v) is 20.8. The monoisotopic (exact) mass is 528 g/mol. The third-order valence-corrected chi connectivity index (χ3v) is 7.72. The molecule has 11 heteroatoms. The number of anilines is 1. The molecule has 0 saturated heterocycles. The molecule has 1 N–H and O–H groups in total. The minimum absolute atomic E-state index is 0.0891. The fourth-order valence-corrected chi connectivity index (χ4v) is 5.50. The van der Waals surface area contributed by atoms with E-state index in [4.69, 9.17) is 18.9 Å². The van der Waals surface area contributed by atoms with Crippen molar-refractivity contribution < 1.29 is 36.6 Å². The van der Waals surface area contributed by atoms with E-state index in [0.29, 0.717) is 49.4 Å². The normalized spacial score (nSPS) is 15.0. The number of benzene rings is 3. The number of sulfonamides is 1. The molecule has 2 aliphatic heterocycles. The summed E-state index contributed by atoms with van der Waals surface area (Å²) < 4.78 is 64.0. The Morgan fingerprint density at radius 1 is 0.865 bits per heavy atom. The van der Waals surface area contributed by atoms with Gasteiger partial charge in [0.1, 0.15) is 38.8 Å². The summed E-state index contributed by atoms with van der Waals surface area (Å²) in [7, 11) is -4.23. The van der Waals surface area contributed by atoms with Crippen molar-refractivity contribution in [3.63, 3.8) is 0 Å². The van der Waals surface area contributed by atoms with Crippen molar-refractivity contribution in [3.8, 4) is 23.0 Å². The SMILES string of the molecule is C[C@@H](NC(=O)CN(c1ccc(F)cc1)S(=O)(=O)c1ccc2c(c1)OCCO2)c1ccc2c(c1)OCCO2. The highest BCUT2D eigenvalue weighted by molar-refractivity contribution is 7.92. The number of amides is 1. The third kappa shape index (κ3) is 5.26. The van der Waals surface area contributed by atoms with Crippen molar-refractivity contribution in [2.45, 2.75) is 17.9 Å². The molecular weight excluding hydrogens is 503 g/mol. The topological polar surface area (TPSA) is 103 Å². The summed E-state index contributed by atoms with van der Waals surface area (Å²) in [6.45, 7) is 2.80. The summed E-state index contributed by atoms with van der Waals surface area (Å²) >= 11 is 0. The Hall–Kier alpha value is -3.99. The fourth-order valence-electron chi connectivity index (χ4n) is 4.06. The number of ether oxygens (including phenoxy) is 4. The molecule has 1 atom stereocenters. The number of fused-ring (bicyclic) bond motifs is 2. The van der Waals surface area contributed by atoms with Crippen LogP contribution in [0.5, 0.6) is 23.0 Å². The van der Waals surface area contributed by atoms with E-state index >= 15 is 0 Å². The number of nitrogens with one attached hydrogen (secondary N) is 1. The maximum absolute atomic E-state index is 13.7. The van der Waals surface area contributed by atoms with E-state index in [1.165, 1.54) is 30.3 Å². The zero-order valence-electron chi connectivity index (χ0n) is 20.0. The predicted molar refractivity (Wildman–Crippen MR) is 132 cm³/mol. The standard InChI is InChI=1S/C26H25FN2O7S/c1-17(18-2-8-22-24(14-18)35-12-10-33-22)28-26(30)16-29(20-5-3-19(27)4-6-20)37(31,32)21-7-9-23-25(15-21)36-13-11-34-23/h2-9,14-15,17H,10-13,16H2,1H3,(H,28,30)/t17-/m1/s1. The van der Waals surface area contributed by atoms with Crippen LogP contribution in [0.3, 0.4) is 0 Å². The Kier molecular flexibility index (Phi) is 6.79. The van der Waals surface area contributed by atoms with Gasteiger partial charge in [-0.3, -0.25) is 9.10 Å². The molecule has 1 amide bonds. The molecule has 37 heavy (non-hydrogen) atoms. The maximum Gasteiger partial charge on any atom is 0.264 e. The Labute approximate surface area is 213 Å². The van der Waals surface area contributed by atoms with Crippen LogP contribution >= 0.6 is 0 Å². The van der Waals surface area contributed by atoms with Gasteiger partial charge in [0, 0.05) is 6.07 Å². The molecule has 5 rings (SSSR count). The smallest absolute Gasteiger partial charge is 0.264 e. The van der Waals surface area contributed by atoms with E-state index in [9.17, 15) is 17.6 Å². The molecular formula is C26H25FN2O7S. The predicted octanol–water partition coefficient (Wildman–Crippen LogP) is 3.44. The second-order valence-electron chi connectivity index (χ2n) is 8.49. The number of hydrogen-bond donors (Lipinski definition) is 1. The average Bonchev–Trinajstić information content (AvgIpc) is 2.91. The number of hydrogen-bond acceptors (Lipinski definition) is 7. The molecule has 2 heterocycles. The van der Waals surface area contributed by atoms with Gasteiger partial charge < -0.3 is 24.3 Å². The van der Waals surface area contributed by atoms with Crippen LogP contribution in [-0.4, -0.2) is 47.3 Å². The quantitative estimate of drug-likeness (QED) is 0.501. The molecule has 0 aromatic heterocycles. The van der Waals surface area contributed by atoms with E-state index in [-0.39, 0.29) is 10.6 Å². The first kappa shape index (κ1) is 24.7. The van der Waals surface area contributed by atoms with Crippen molar-refractivity contribution in [1.29, 1.82) is 0 Å². The molecule has 3 aromatic rings. The Balaban J connectivity index is 1.39. The lowest BCUT2D eigenvalue weighted by atomic mass is 10.1. The number of halogens is 1. The summed E-state index contributed by atoms with van der Waals surface area (Å²) in [4.78, 5) is 13.0. The summed E-state index contributed by atoms with van der Waals surface area (Å²) in [6, 6.07) is 14.0. The van der Waals surface area contributed by atoms with E-state index in [1.807, 2.05) is 6.07 Å². The van der Waals surface area contributed by atoms with Gasteiger partial charge in [-0.05, 0) is 61.0 Å². The Morgan fingerprint density at radius 3 is 2.08 bits per heavy atom. The summed E-state index contributed by atoms with van der Waals surface area (Å²) in [6.07, 6.45) is 0. The maximum atomic E-state index is 13.7. The van der Waals surface area contributed by atoms with Crippen LogP contribution in [0, 0.1) is 5.82 Å². The largest absolute Gasteiger partial charge is 0.486 e. The second-order valence-corrected chi connectivity index (χ2v) is 10.3. The molecule has 0 saturated carbocycles. The molecule has 0 bridgehead atoms. The first-order valence-electron chi connectivity index (χ1n) is 11.7. The van der Waals surface area contributed by atoms with Gasteiger partial charge in [0.25, 0.3) is 10.0 Å². The molecule has 0 unspecified atom stereocenters. The first-order valence-corrected chi connectivity index (χ1v) is 13.1. The fraction of sp³-hybridized carbons (Fsp3) is 0.269. The van der Waals surface area contributed by atoms with Gasteiger partial charge >= 0.3 is 0 Å². The van der Waals surface area contributed by atoms with E-state index in [0.717, 1.165) is 22.0 Å². The average molecular weight is 529 g/mol. The van der Waals surface area contributed by atoms with Crippen LogP contribution in [0.1, 0.15) is 18.5 Å². The van der Waals surface area contributed by atoms with Crippen LogP contribution < -0.4 is 28.6 Å². The van der Waals surface area contributed by atoms with Gasteiger partial charge in [0.15, 0.2) is 23.0 Å². The molecule has 0 radical (unpaired) electrons. The van der Waals surface area contributed by atoms with Gasteiger partial charge in [0.2, 0.25) is 5.91 Å². The highest BCUT2D eigenvalue weighted by atomic mass is 32.2. The van der Waals surface area contributed by atoms with Crippen LogP contribution in [0.25, 0.3) is 0 Å². The molecule has 2 aliphatic rings. The Bertz CT molecular complexity index is 1410. The van der Waals surface area contributed by atoms with E-state index in [2.05, 4.69) is 5.32 Å². The highest BCUT2D eigenvalue weighted by Gasteiger charge is 2.29. The number of rotatable bonds is 7. The summed E-state index contributed by atoms with van der Waals surface area (Å²) in [5, 5.41) is 2.83. The molecule has 194 valence electrons. The summed E-state index contributed by atoms with van der Waals surface area (Å²) in [5.41, 5.74) is 0.902. The van der Waals surface area contributed by atoms with Crippen molar-refractivity contribution in [3.05, 3.63) is 72.0 Å². The first-order chi connectivity index (χ1) is 17.8. The van der Waals surface area contributed by atoms with E-state index in [1.54, 1.807) is 19.1 Å². The minimum Gasteiger partial charge on any atom is -0.486 e. The second kappa shape index (κ2) is 10.2. The highest BCUT2D eigenvalue weighted by Crippen LogP contribution is 2.35. The molecule has 0 spiro atoms. The molecule has 9 nitrogen and oxygen atoms in total. The van der Waals surface area contributed by atoms with E-state index < -0.39 is 34.3 Å². The van der Waals surface area contributed by atoms with Crippen molar-refractivity contribution in [2.75, 3.05) is 37.3 Å². The lowest BCUT2D eigenvalue weighted by Crippen LogP contribution is -2.41. The lowest BCUT2D eigenvalue weighted by molar-refractivity contribution is -0.120. The van der Waals surface area contributed by atoms with Crippen molar-refractivity contribution in [2.24, 2.45) is 0 Å². The van der Waals surface area contributed by atoms with Gasteiger partial charge in [-0.15, -0.1) is 0 Å². The summed E-state index contributed by atoms with van der Waals surface area (Å²) in [5.74, 6) is 0.859. The van der Waals surface area contributed by atoms with Crippen LogP contribution in [0.2, 0.25) is 0 Å². The van der Waals surface area contributed by atoms with Gasteiger partial charge in [-0.25, -0.2) is 12.8 Å². The van der Waals surface area contributed by atoms with Crippen molar-refractivity contribution >= 4 is 21.6 Å². The zero-order chi connectivity index (χ0) is 26.0. The Morgan fingerprint density at radius 2 is 1.43 bits per heavy atom.